The lowest BCUT2D eigenvalue weighted by molar-refractivity contribution is 0.219. The summed E-state index contributed by atoms with van der Waals surface area (Å²) < 4.78 is 0. The highest BCUT2D eigenvalue weighted by Crippen LogP contribution is 2.22. The zero-order chi connectivity index (χ0) is 13.2. The van der Waals surface area contributed by atoms with Crippen LogP contribution in [0.2, 0.25) is 0 Å². The Labute approximate surface area is 104 Å². The lowest BCUT2D eigenvalue weighted by Crippen LogP contribution is -2.33. The van der Waals surface area contributed by atoms with Crippen molar-refractivity contribution in [3.8, 4) is 0 Å². The number of benzene rings is 1. The maximum absolute atomic E-state index is 11.0. The highest BCUT2D eigenvalue weighted by atomic mass is 16.2. The highest BCUT2D eigenvalue weighted by molar-refractivity contribution is 5.71. The molecule has 0 saturated carbocycles. The van der Waals surface area contributed by atoms with Crippen molar-refractivity contribution in [2.75, 3.05) is 13.6 Å². The SMILES string of the molecule is Cc1cc(C)c(C)c(CCN(C)C(N)=O)c1C. The molecule has 0 bridgehead atoms. The quantitative estimate of drug-likeness (QED) is 0.858. The number of aryl methyl sites for hydroxylation is 2. The Balaban J connectivity index is 2.95. The van der Waals surface area contributed by atoms with Crippen LogP contribution in [0.4, 0.5) is 4.79 Å². The molecular weight excluding hydrogens is 212 g/mol. The number of nitrogens with two attached hydrogens (primary N) is 1. The molecule has 2 amide bonds. The molecule has 0 fully saturated rings. The molecule has 94 valence electrons. The molecule has 0 radical (unpaired) electrons. The molecule has 0 saturated heterocycles. The zero-order valence-electron chi connectivity index (χ0n) is 11.4. The molecule has 0 aliphatic carbocycles. The number of nitrogens with zero attached hydrogens (tertiary/aromatic N) is 1. The summed E-state index contributed by atoms with van der Waals surface area (Å²) in [6.07, 6.45) is 0.861. The number of hydrogen-bond acceptors (Lipinski definition) is 1. The monoisotopic (exact) mass is 234 g/mol. The summed E-state index contributed by atoms with van der Waals surface area (Å²) in [5.41, 5.74) is 11.8. The van der Waals surface area contributed by atoms with Gasteiger partial charge in [-0.15, -0.1) is 0 Å². The minimum atomic E-state index is -0.371. The molecule has 0 aromatic heterocycles. The fourth-order valence-electron chi connectivity index (χ4n) is 2.06. The van der Waals surface area contributed by atoms with Crippen molar-refractivity contribution >= 4 is 6.03 Å². The third-order valence-electron chi connectivity index (χ3n) is 3.59. The van der Waals surface area contributed by atoms with Crippen molar-refractivity contribution in [1.82, 2.24) is 4.90 Å². The van der Waals surface area contributed by atoms with E-state index in [1.807, 2.05) is 0 Å². The minimum absolute atomic E-state index is 0.371. The number of carbonyl (C=O) groups excluding carboxylic acids is 1. The summed E-state index contributed by atoms with van der Waals surface area (Å²) in [6, 6.07) is 1.84. The molecule has 17 heavy (non-hydrogen) atoms. The predicted octanol–water partition coefficient (Wildman–Crippen LogP) is 2.47. The topological polar surface area (TPSA) is 46.3 Å². The number of primary amides is 1. The van der Waals surface area contributed by atoms with Crippen LogP contribution < -0.4 is 5.73 Å². The Morgan fingerprint density at radius 2 is 1.65 bits per heavy atom. The molecule has 0 aliphatic rings. The maximum atomic E-state index is 11.0. The Hall–Kier alpha value is -1.51. The van der Waals surface area contributed by atoms with E-state index >= 15 is 0 Å². The van der Waals surface area contributed by atoms with Crippen molar-refractivity contribution in [1.29, 1.82) is 0 Å². The van der Waals surface area contributed by atoms with Crippen molar-refractivity contribution in [2.24, 2.45) is 5.73 Å². The molecule has 0 heterocycles. The molecule has 0 aliphatic heterocycles. The number of likely N-dealkylation sites (N-methyl/N-ethyl adjacent to an activating group) is 1. The standard InChI is InChI=1S/C14H22N2O/c1-9-8-10(2)12(4)13(11(9)3)6-7-16(5)14(15)17/h8H,6-7H2,1-5H3,(H2,15,17). The van der Waals surface area contributed by atoms with Gasteiger partial charge < -0.3 is 10.6 Å². The van der Waals surface area contributed by atoms with Gasteiger partial charge in [0.05, 0.1) is 0 Å². The van der Waals surface area contributed by atoms with Crippen LogP contribution in [-0.4, -0.2) is 24.5 Å². The second-order valence-electron chi connectivity index (χ2n) is 4.75. The fourth-order valence-corrected chi connectivity index (χ4v) is 2.06. The smallest absolute Gasteiger partial charge is 0.314 e. The van der Waals surface area contributed by atoms with Crippen LogP contribution in [0.1, 0.15) is 27.8 Å². The van der Waals surface area contributed by atoms with Crippen LogP contribution in [0.3, 0.4) is 0 Å². The van der Waals surface area contributed by atoms with Gasteiger partial charge in [-0.1, -0.05) is 6.07 Å². The molecule has 0 spiro atoms. The van der Waals surface area contributed by atoms with Crippen LogP contribution in [0.15, 0.2) is 6.07 Å². The number of carbonyl (C=O) groups is 1. The summed E-state index contributed by atoms with van der Waals surface area (Å²) in [6.45, 7) is 9.20. The second kappa shape index (κ2) is 5.21. The summed E-state index contributed by atoms with van der Waals surface area (Å²) in [5, 5.41) is 0. The van der Waals surface area contributed by atoms with Crippen LogP contribution in [0, 0.1) is 27.7 Å². The van der Waals surface area contributed by atoms with E-state index in [0.717, 1.165) is 6.42 Å². The predicted molar refractivity (Wildman–Crippen MR) is 71.3 cm³/mol. The van der Waals surface area contributed by atoms with Gasteiger partial charge in [-0.05, 0) is 61.9 Å². The van der Waals surface area contributed by atoms with E-state index in [1.54, 1.807) is 11.9 Å². The van der Waals surface area contributed by atoms with Crippen LogP contribution in [0.25, 0.3) is 0 Å². The summed E-state index contributed by atoms with van der Waals surface area (Å²) in [4.78, 5) is 12.5. The third kappa shape index (κ3) is 2.99. The third-order valence-corrected chi connectivity index (χ3v) is 3.59. The molecule has 3 nitrogen and oxygen atoms in total. The van der Waals surface area contributed by atoms with Crippen molar-refractivity contribution in [3.05, 3.63) is 33.9 Å². The van der Waals surface area contributed by atoms with Gasteiger partial charge in [0.25, 0.3) is 0 Å². The van der Waals surface area contributed by atoms with E-state index in [1.165, 1.54) is 27.8 Å². The average Bonchev–Trinajstić information content (AvgIpc) is 2.26. The molecular formula is C14H22N2O. The summed E-state index contributed by atoms with van der Waals surface area (Å²) in [7, 11) is 1.73. The Bertz CT molecular complexity index is 412. The Morgan fingerprint density at radius 1 is 1.18 bits per heavy atom. The molecule has 1 aromatic rings. The van der Waals surface area contributed by atoms with Gasteiger partial charge in [-0.2, -0.15) is 0 Å². The first-order valence-electron chi connectivity index (χ1n) is 5.91. The van der Waals surface area contributed by atoms with E-state index in [-0.39, 0.29) is 6.03 Å². The Kier molecular flexibility index (Phi) is 4.16. The maximum Gasteiger partial charge on any atom is 0.314 e. The van der Waals surface area contributed by atoms with E-state index in [2.05, 4.69) is 33.8 Å². The normalized spacial score (nSPS) is 10.4. The second-order valence-corrected chi connectivity index (χ2v) is 4.75. The van der Waals surface area contributed by atoms with Crippen LogP contribution >= 0.6 is 0 Å². The number of rotatable bonds is 3. The highest BCUT2D eigenvalue weighted by Gasteiger charge is 2.10. The molecule has 1 rings (SSSR count). The molecule has 1 aromatic carbocycles. The van der Waals surface area contributed by atoms with Gasteiger partial charge in [0.1, 0.15) is 0 Å². The van der Waals surface area contributed by atoms with E-state index in [0.29, 0.717) is 6.54 Å². The van der Waals surface area contributed by atoms with Gasteiger partial charge >= 0.3 is 6.03 Å². The summed E-state index contributed by atoms with van der Waals surface area (Å²) in [5.74, 6) is 0. The van der Waals surface area contributed by atoms with Crippen molar-refractivity contribution in [2.45, 2.75) is 34.1 Å². The molecule has 3 heteroatoms. The minimum Gasteiger partial charge on any atom is -0.351 e. The average molecular weight is 234 g/mol. The van der Waals surface area contributed by atoms with Gasteiger partial charge in [0.15, 0.2) is 0 Å². The first-order valence-corrected chi connectivity index (χ1v) is 5.91. The van der Waals surface area contributed by atoms with E-state index in [4.69, 9.17) is 5.73 Å². The number of urea groups is 1. The van der Waals surface area contributed by atoms with Crippen molar-refractivity contribution < 1.29 is 4.79 Å². The first kappa shape index (κ1) is 13.6. The first-order chi connectivity index (χ1) is 7.84. The number of amides is 2. The van der Waals surface area contributed by atoms with Crippen molar-refractivity contribution in [3.63, 3.8) is 0 Å². The lowest BCUT2D eigenvalue weighted by atomic mass is 9.92. The van der Waals surface area contributed by atoms with Crippen LogP contribution in [-0.2, 0) is 6.42 Å². The molecule has 0 unspecified atom stereocenters. The van der Waals surface area contributed by atoms with Crippen LogP contribution in [0.5, 0.6) is 0 Å². The van der Waals surface area contributed by atoms with Gasteiger partial charge in [-0.3, -0.25) is 0 Å². The van der Waals surface area contributed by atoms with Gasteiger partial charge in [0, 0.05) is 13.6 Å². The van der Waals surface area contributed by atoms with E-state index in [9.17, 15) is 4.79 Å². The lowest BCUT2D eigenvalue weighted by Gasteiger charge is -2.18. The van der Waals surface area contributed by atoms with Gasteiger partial charge in [0.2, 0.25) is 0 Å². The largest absolute Gasteiger partial charge is 0.351 e. The molecule has 0 atom stereocenters. The van der Waals surface area contributed by atoms with Gasteiger partial charge in [-0.25, -0.2) is 4.79 Å². The fraction of sp³-hybridized carbons (Fsp3) is 0.500. The zero-order valence-corrected chi connectivity index (χ0v) is 11.4. The van der Waals surface area contributed by atoms with E-state index < -0.39 is 0 Å². The molecule has 2 N–H and O–H groups in total. The number of hydrogen-bond donors (Lipinski definition) is 1. The summed E-state index contributed by atoms with van der Waals surface area (Å²) >= 11 is 0. The Morgan fingerprint density at radius 3 is 2.06 bits per heavy atom.